The molecule has 0 spiro atoms. The first-order valence-electron chi connectivity index (χ1n) is 7.17. The average molecular weight is 289 g/mol. The van der Waals surface area contributed by atoms with Gasteiger partial charge in [0.2, 0.25) is 11.7 Å². The van der Waals surface area contributed by atoms with Crippen LogP contribution in [0.4, 0.5) is 0 Å². The van der Waals surface area contributed by atoms with Crippen molar-refractivity contribution in [2.24, 2.45) is 17.4 Å². The van der Waals surface area contributed by atoms with Gasteiger partial charge in [0.05, 0.1) is 19.2 Å². The molecule has 0 bridgehead atoms. The minimum absolute atomic E-state index is 0.162. The molecule has 1 fully saturated rings. The number of hydrogen-bond donors (Lipinski definition) is 5. The number of amides is 1. The van der Waals surface area contributed by atoms with Crippen LogP contribution in [0.15, 0.2) is 0 Å². The summed E-state index contributed by atoms with van der Waals surface area (Å²) in [5, 5.41) is 22.5. The second-order valence-electron chi connectivity index (χ2n) is 5.62. The first-order valence-corrected chi connectivity index (χ1v) is 7.17. The lowest BCUT2D eigenvalue weighted by Crippen LogP contribution is -2.58. The molecule has 7 heteroatoms. The molecule has 0 aromatic rings. The number of ether oxygens (including phenoxy) is 1. The topological polar surface area (TPSA) is 131 Å². The predicted molar refractivity (Wildman–Crippen MR) is 74.6 cm³/mol. The molecular formula is C13H27N3O4. The summed E-state index contributed by atoms with van der Waals surface area (Å²) in [6.07, 6.45) is 1.58. The van der Waals surface area contributed by atoms with E-state index in [4.69, 9.17) is 16.2 Å². The van der Waals surface area contributed by atoms with Crippen molar-refractivity contribution in [1.29, 1.82) is 0 Å². The van der Waals surface area contributed by atoms with Crippen LogP contribution in [-0.4, -0.2) is 53.7 Å². The fourth-order valence-electron chi connectivity index (χ4n) is 2.17. The molecule has 1 saturated heterocycles. The molecule has 7 nitrogen and oxygen atoms in total. The molecule has 118 valence electrons. The fourth-order valence-corrected chi connectivity index (χ4v) is 2.17. The Labute approximate surface area is 119 Å². The van der Waals surface area contributed by atoms with Gasteiger partial charge < -0.3 is 31.7 Å². The van der Waals surface area contributed by atoms with E-state index >= 15 is 0 Å². The molecule has 7 N–H and O–H groups in total. The maximum atomic E-state index is 11.8. The Morgan fingerprint density at radius 3 is 2.85 bits per heavy atom. The van der Waals surface area contributed by atoms with E-state index in [-0.39, 0.29) is 18.4 Å². The van der Waals surface area contributed by atoms with Crippen LogP contribution in [0, 0.1) is 5.92 Å². The van der Waals surface area contributed by atoms with Crippen molar-refractivity contribution in [1.82, 2.24) is 5.32 Å². The Balaban J connectivity index is 2.35. The van der Waals surface area contributed by atoms with Gasteiger partial charge in [0.1, 0.15) is 6.10 Å². The van der Waals surface area contributed by atoms with Crippen molar-refractivity contribution < 1.29 is 19.7 Å². The number of hydrogen-bond acceptors (Lipinski definition) is 6. The fraction of sp³-hybridized carbons (Fsp3) is 0.923. The van der Waals surface area contributed by atoms with E-state index in [1.54, 1.807) is 0 Å². The predicted octanol–water partition coefficient (Wildman–Crippen LogP) is -1.34. The molecule has 1 heterocycles. The van der Waals surface area contributed by atoms with Crippen LogP contribution in [-0.2, 0) is 9.53 Å². The second kappa shape index (κ2) is 7.90. The molecule has 0 aliphatic carbocycles. The molecule has 0 saturated carbocycles. The number of aliphatic hydroxyl groups excluding tert-OH is 1. The maximum absolute atomic E-state index is 11.8. The second-order valence-corrected chi connectivity index (χ2v) is 5.62. The zero-order valence-corrected chi connectivity index (χ0v) is 12.0. The van der Waals surface area contributed by atoms with Crippen molar-refractivity contribution >= 4 is 5.91 Å². The first kappa shape index (κ1) is 17.3. The lowest BCUT2D eigenvalue weighted by molar-refractivity contribution is -0.281. The standard InChI is InChI=1S/C13H27N3O4/c1-9-6-11(17)13(19,20-7-9)8-16-12(18)10(15)4-2-3-5-14/h9-11,17,19H,2-8,14-15H2,1H3,(H,16,18). The van der Waals surface area contributed by atoms with E-state index < -0.39 is 17.9 Å². The molecule has 0 radical (unpaired) electrons. The summed E-state index contributed by atoms with van der Waals surface area (Å²) in [6.45, 7) is 2.69. The summed E-state index contributed by atoms with van der Waals surface area (Å²) in [5.41, 5.74) is 11.1. The molecule has 1 amide bonds. The molecule has 4 unspecified atom stereocenters. The maximum Gasteiger partial charge on any atom is 0.237 e. The third-order valence-electron chi connectivity index (χ3n) is 3.59. The highest BCUT2D eigenvalue weighted by atomic mass is 16.6. The summed E-state index contributed by atoms with van der Waals surface area (Å²) < 4.78 is 5.25. The van der Waals surface area contributed by atoms with Gasteiger partial charge in [-0.15, -0.1) is 0 Å². The Morgan fingerprint density at radius 2 is 2.25 bits per heavy atom. The summed E-state index contributed by atoms with van der Waals surface area (Å²) in [5.74, 6) is -1.90. The zero-order chi connectivity index (χ0) is 15.2. The molecule has 20 heavy (non-hydrogen) atoms. The summed E-state index contributed by atoms with van der Waals surface area (Å²) >= 11 is 0. The van der Waals surface area contributed by atoms with Crippen LogP contribution in [0.1, 0.15) is 32.6 Å². The van der Waals surface area contributed by atoms with Crippen molar-refractivity contribution in [3.05, 3.63) is 0 Å². The van der Waals surface area contributed by atoms with E-state index in [1.165, 1.54) is 0 Å². The number of nitrogens with two attached hydrogens (primary N) is 2. The number of carbonyl (C=O) groups is 1. The Kier molecular flexibility index (Phi) is 6.84. The van der Waals surface area contributed by atoms with Crippen molar-refractivity contribution in [3.63, 3.8) is 0 Å². The smallest absolute Gasteiger partial charge is 0.237 e. The SMILES string of the molecule is CC1COC(O)(CNC(=O)C(N)CCCCN)C(O)C1. The van der Waals surface area contributed by atoms with Crippen LogP contribution in [0.5, 0.6) is 0 Å². The van der Waals surface area contributed by atoms with Gasteiger partial charge in [-0.25, -0.2) is 0 Å². The van der Waals surface area contributed by atoms with E-state index in [1.807, 2.05) is 6.92 Å². The van der Waals surface area contributed by atoms with E-state index in [0.717, 1.165) is 12.8 Å². The number of nitrogens with one attached hydrogen (secondary N) is 1. The Bertz CT molecular complexity index is 316. The van der Waals surface area contributed by atoms with E-state index in [2.05, 4.69) is 5.32 Å². The monoisotopic (exact) mass is 289 g/mol. The van der Waals surface area contributed by atoms with Crippen LogP contribution in [0.25, 0.3) is 0 Å². The quantitative estimate of drug-likeness (QED) is 0.369. The zero-order valence-electron chi connectivity index (χ0n) is 12.0. The number of aliphatic hydroxyl groups is 2. The number of carbonyl (C=O) groups excluding carboxylic acids is 1. The minimum atomic E-state index is -1.72. The molecule has 0 aromatic heterocycles. The molecule has 1 rings (SSSR count). The number of rotatable bonds is 7. The third kappa shape index (κ3) is 4.99. The van der Waals surface area contributed by atoms with Crippen LogP contribution in [0.3, 0.4) is 0 Å². The first-order chi connectivity index (χ1) is 9.39. The van der Waals surface area contributed by atoms with Crippen LogP contribution >= 0.6 is 0 Å². The lowest BCUT2D eigenvalue weighted by Gasteiger charge is -2.39. The minimum Gasteiger partial charge on any atom is -0.387 e. The van der Waals surface area contributed by atoms with Gasteiger partial charge >= 0.3 is 0 Å². The van der Waals surface area contributed by atoms with Crippen molar-refractivity contribution in [2.45, 2.75) is 50.5 Å². The highest BCUT2D eigenvalue weighted by Gasteiger charge is 2.42. The van der Waals surface area contributed by atoms with Crippen LogP contribution in [0.2, 0.25) is 0 Å². The van der Waals surface area contributed by atoms with Crippen LogP contribution < -0.4 is 16.8 Å². The van der Waals surface area contributed by atoms with Gasteiger partial charge in [0, 0.05) is 0 Å². The third-order valence-corrected chi connectivity index (χ3v) is 3.59. The normalized spacial score (nSPS) is 31.9. The van der Waals surface area contributed by atoms with E-state index in [9.17, 15) is 15.0 Å². The molecule has 4 atom stereocenters. The highest BCUT2D eigenvalue weighted by Crippen LogP contribution is 2.25. The van der Waals surface area contributed by atoms with Gasteiger partial charge in [-0.05, 0) is 31.7 Å². The van der Waals surface area contributed by atoms with Gasteiger partial charge in [0.15, 0.2) is 0 Å². The van der Waals surface area contributed by atoms with Gasteiger partial charge in [-0.1, -0.05) is 13.3 Å². The summed E-state index contributed by atoms with van der Waals surface area (Å²) in [6, 6.07) is -0.634. The summed E-state index contributed by atoms with van der Waals surface area (Å²) in [7, 11) is 0. The van der Waals surface area contributed by atoms with Gasteiger partial charge in [-0.3, -0.25) is 4.79 Å². The Morgan fingerprint density at radius 1 is 1.55 bits per heavy atom. The van der Waals surface area contributed by atoms with Gasteiger partial charge in [0.25, 0.3) is 0 Å². The van der Waals surface area contributed by atoms with Gasteiger partial charge in [-0.2, -0.15) is 0 Å². The Hall–Kier alpha value is -0.730. The highest BCUT2D eigenvalue weighted by molar-refractivity contribution is 5.81. The summed E-state index contributed by atoms with van der Waals surface area (Å²) in [4.78, 5) is 11.8. The molecule has 0 aromatic carbocycles. The molecule has 1 aliphatic rings. The largest absolute Gasteiger partial charge is 0.387 e. The lowest BCUT2D eigenvalue weighted by atomic mass is 9.94. The van der Waals surface area contributed by atoms with Crippen molar-refractivity contribution in [3.8, 4) is 0 Å². The molecule has 1 aliphatic heterocycles. The average Bonchev–Trinajstić information content (AvgIpc) is 2.41. The molecular weight excluding hydrogens is 262 g/mol. The van der Waals surface area contributed by atoms with E-state index in [0.29, 0.717) is 26.0 Å². The number of unbranched alkanes of at least 4 members (excludes halogenated alkanes) is 1. The van der Waals surface area contributed by atoms with Crippen molar-refractivity contribution in [2.75, 3.05) is 19.7 Å².